The first-order chi connectivity index (χ1) is 10.1. The molecule has 0 saturated carbocycles. The van der Waals surface area contributed by atoms with E-state index in [1.165, 1.54) is 18.2 Å². The van der Waals surface area contributed by atoms with Crippen LogP contribution in [0.2, 0.25) is 5.02 Å². The Balaban J connectivity index is 2.04. The summed E-state index contributed by atoms with van der Waals surface area (Å²) in [5.74, 6) is -1.90. The monoisotopic (exact) mass is 302 g/mol. The number of carboxylic acid groups (broad SMARTS) is 1. The largest absolute Gasteiger partial charge is 0.545 e. The summed E-state index contributed by atoms with van der Waals surface area (Å²) in [7, 11) is 0. The minimum atomic E-state index is -1.38. The van der Waals surface area contributed by atoms with Crippen molar-refractivity contribution in [2.75, 3.05) is 5.32 Å². The molecule has 1 heterocycles. The predicted molar refractivity (Wildman–Crippen MR) is 74.0 cm³/mol. The lowest BCUT2D eigenvalue weighted by Gasteiger charge is -2.28. The normalized spacial score (nSPS) is 16.6. The van der Waals surface area contributed by atoms with Crippen LogP contribution < -0.4 is 10.4 Å². The number of rotatable bonds is 2. The summed E-state index contributed by atoms with van der Waals surface area (Å²) in [6.07, 6.45) is -0.905. The van der Waals surface area contributed by atoms with Gasteiger partial charge in [0.15, 0.2) is 0 Å². The van der Waals surface area contributed by atoms with Crippen molar-refractivity contribution in [2.45, 2.75) is 6.23 Å². The molecular weight excluding hydrogens is 294 g/mol. The lowest BCUT2D eigenvalue weighted by atomic mass is 10.0. The summed E-state index contributed by atoms with van der Waals surface area (Å²) in [6, 6.07) is 11.1. The molecule has 1 atom stereocenters. The average molecular weight is 303 g/mol. The van der Waals surface area contributed by atoms with Crippen LogP contribution in [0.1, 0.15) is 32.5 Å². The van der Waals surface area contributed by atoms with Crippen molar-refractivity contribution in [2.24, 2.45) is 0 Å². The van der Waals surface area contributed by atoms with E-state index in [-0.39, 0.29) is 16.1 Å². The van der Waals surface area contributed by atoms with Gasteiger partial charge in [-0.3, -0.25) is 0 Å². The molecule has 0 amide bonds. The maximum atomic E-state index is 12.0. The van der Waals surface area contributed by atoms with Crippen LogP contribution in [0.4, 0.5) is 5.69 Å². The van der Waals surface area contributed by atoms with Gasteiger partial charge in [0.1, 0.15) is 0 Å². The molecule has 0 fully saturated rings. The van der Waals surface area contributed by atoms with Crippen LogP contribution in [0.15, 0.2) is 42.5 Å². The number of hydrogen-bond donors (Lipinski definition) is 1. The number of carbonyl (C=O) groups is 2. The van der Waals surface area contributed by atoms with E-state index in [2.05, 4.69) is 5.32 Å². The third-order valence-electron chi connectivity index (χ3n) is 3.18. The van der Waals surface area contributed by atoms with Crippen molar-refractivity contribution in [3.05, 3.63) is 64.2 Å². The number of ether oxygens (including phenoxy) is 1. The van der Waals surface area contributed by atoms with E-state index in [9.17, 15) is 14.7 Å². The molecule has 0 spiro atoms. The van der Waals surface area contributed by atoms with Gasteiger partial charge in [0.05, 0.1) is 17.2 Å². The summed E-state index contributed by atoms with van der Waals surface area (Å²) in [5.41, 5.74) is 1.14. The molecule has 6 heteroatoms. The zero-order valence-electron chi connectivity index (χ0n) is 10.6. The summed E-state index contributed by atoms with van der Waals surface area (Å²) in [5, 5.41) is 14.5. The summed E-state index contributed by atoms with van der Waals surface area (Å²) >= 11 is 5.79. The van der Waals surface area contributed by atoms with E-state index in [1.807, 2.05) is 0 Å². The zero-order chi connectivity index (χ0) is 15.0. The number of benzene rings is 2. The molecule has 0 saturated heterocycles. The number of halogens is 1. The fraction of sp³-hybridized carbons (Fsp3) is 0.0667. The van der Waals surface area contributed by atoms with Gasteiger partial charge in [-0.2, -0.15) is 0 Å². The molecule has 21 heavy (non-hydrogen) atoms. The second-order valence-corrected chi connectivity index (χ2v) is 4.93. The average Bonchev–Trinajstić information content (AvgIpc) is 2.47. The molecule has 1 aliphatic heterocycles. The molecule has 0 unspecified atom stereocenters. The van der Waals surface area contributed by atoms with Crippen molar-refractivity contribution in [3.8, 4) is 0 Å². The van der Waals surface area contributed by atoms with Crippen molar-refractivity contribution in [1.29, 1.82) is 0 Å². The first-order valence-corrected chi connectivity index (χ1v) is 6.51. The van der Waals surface area contributed by atoms with E-state index in [1.54, 1.807) is 24.3 Å². The number of carboxylic acids is 1. The predicted octanol–water partition coefficient (Wildman–Crippen LogP) is 1.98. The molecule has 0 bridgehead atoms. The first kappa shape index (κ1) is 13.5. The molecular formula is C15H9ClNO4-. The van der Waals surface area contributed by atoms with Crippen LogP contribution in [0.5, 0.6) is 0 Å². The Hall–Kier alpha value is -2.53. The summed E-state index contributed by atoms with van der Waals surface area (Å²) in [6.45, 7) is 0. The highest BCUT2D eigenvalue weighted by atomic mass is 35.5. The molecule has 5 nitrogen and oxygen atoms in total. The lowest BCUT2D eigenvalue weighted by Crippen LogP contribution is -2.30. The summed E-state index contributed by atoms with van der Waals surface area (Å²) < 4.78 is 5.25. The molecule has 1 aliphatic rings. The van der Waals surface area contributed by atoms with Crippen LogP contribution in [0.25, 0.3) is 0 Å². The van der Waals surface area contributed by atoms with Gasteiger partial charge in [-0.1, -0.05) is 29.8 Å². The molecule has 1 N–H and O–H groups in total. The highest BCUT2D eigenvalue weighted by Crippen LogP contribution is 2.32. The molecule has 106 valence electrons. The van der Waals surface area contributed by atoms with E-state index in [0.29, 0.717) is 11.3 Å². The third-order valence-corrected chi connectivity index (χ3v) is 3.41. The Labute approximate surface area is 125 Å². The molecule has 0 radical (unpaired) electrons. The van der Waals surface area contributed by atoms with Crippen molar-refractivity contribution >= 4 is 29.2 Å². The van der Waals surface area contributed by atoms with Gasteiger partial charge in [0, 0.05) is 16.1 Å². The topological polar surface area (TPSA) is 78.5 Å². The number of anilines is 1. The van der Waals surface area contributed by atoms with Gasteiger partial charge in [-0.25, -0.2) is 4.79 Å². The Morgan fingerprint density at radius 3 is 2.76 bits per heavy atom. The van der Waals surface area contributed by atoms with Gasteiger partial charge in [0.2, 0.25) is 6.23 Å². The van der Waals surface area contributed by atoms with E-state index in [4.69, 9.17) is 16.3 Å². The van der Waals surface area contributed by atoms with Crippen molar-refractivity contribution in [1.82, 2.24) is 0 Å². The molecule has 0 aliphatic carbocycles. The number of nitrogens with one attached hydrogen (secondary N) is 1. The Bertz CT molecular complexity index is 744. The number of esters is 1. The van der Waals surface area contributed by atoms with Crippen LogP contribution in [-0.2, 0) is 4.74 Å². The third kappa shape index (κ3) is 2.43. The number of hydrogen-bond acceptors (Lipinski definition) is 5. The molecule has 2 aromatic rings. The van der Waals surface area contributed by atoms with Crippen LogP contribution in [-0.4, -0.2) is 11.9 Å². The number of aromatic carboxylic acids is 1. The molecule has 3 rings (SSSR count). The maximum Gasteiger partial charge on any atom is 0.342 e. The van der Waals surface area contributed by atoms with Gasteiger partial charge < -0.3 is 20.0 Å². The molecule has 2 aromatic carbocycles. The lowest BCUT2D eigenvalue weighted by molar-refractivity contribution is -0.255. The Morgan fingerprint density at radius 1 is 1.24 bits per heavy atom. The fourth-order valence-electron chi connectivity index (χ4n) is 2.20. The SMILES string of the molecule is O=C1O[C@@H](c2ccc(Cl)cc2C(=O)[O-])Nc2ccccc21. The standard InChI is InChI=1S/C15H10ClNO4/c16-8-5-6-9(11(7-8)14(18)19)13-17-12-4-2-1-3-10(12)15(20)21-13/h1-7,13,17H,(H,18,19)/p-1/t13-/m0/s1. The Morgan fingerprint density at radius 2 is 2.00 bits per heavy atom. The summed E-state index contributed by atoms with van der Waals surface area (Å²) in [4.78, 5) is 23.2. The molecule has 0 aromatic heterocycles. The van der Waals surface area contributed by atoms with Crippen LogP contribution in [0.3, 0.4) is 0 Å². The highest BCUT2D eigenvalue weighted by molar-refractivity contribution is 6.31. The van der Waals surface area contributed by atoms with Crippen molar-refractivity contribution < 1.29 is 19.4 Å². The quantitative estimate of drug-likeness (QED) is 0.858. The number of cyclic esters (lactones) is 1. The minimum absolute atomic E-state index is 0.118. The van der Waals surface area contributed by atoms with Gasteiger partial charge >= 0.3 is 5.97 Å². The van der Waals surface area contributed by atoms with Crippen molar-refractivity contribution in [3.63, 3.8) is 0 Å². The van der Waals surface area contributed by atoms with E-state index < -0.39 is 18.2 Å². The smallest absolute Gasteiger partial charge is 0.342 e. The first-order valence-electron chi connectivity index (χ1n) is 6.13. The fourth-order valence-corrected chi connectivity index (χ4v) is 2.38. The second-order valence-electron chi connectivity index (χ2n) is 4.49. The van der Waals surface area contributed by atoms with Gasteiger partial charge in [0.25, 0.3) is 0 Å². The maximum absolute atomic E-state index is 12.0. The number of para-hydroxylation sites is 1. The second kappa shape index (κ2) is 5.10. The van der Waals surface area contributed by atoms with Crippen LogP contribution >= 0.6 is 11.6 Å². The minimum Gasteiger partial charge on any atom is -0.545 e. The Kier molecular flexibility index (Phi) is 3.27. The van der Waals surface area contributed by atoms with Gasteiger partial charge in [-0.15, -0.1) is 0 Å². The number of fused-ring (bicyclic) bond motifs is 1. The van der Waals surface area contributed by atoms with E-state index >= 15 is 0 Å². The zero-order valence-corrected chi connectivity index (χ0v) is 11.4. The van der Waals surface area contributed by atoms with Crippen LogP contribution in [0, 0.1) is 0 Å². The highest BCUT2D eigenvalue weighted by Gasteiger charge is 2.28. The number of carbonyl (C=O) groups excluding carboxylic acids is 2. The van der Waals surface area contributed by atoms with Gasteiger partial charge in [-0.05, 0) is 24.3 Å². The van der Waals surface area contributed by atoms with E-state index in [0.717, 1.165) is 0 Å².